The number of hydrogen-bond acceptors (Lipinski definition) is 2. The fourth-order valence-corrected chi connectivity index (χ4v) is 2.35. The highest BCUT2D eigenvalue weighted by atomic mass is 16.4. The molecule has 0 aromatic heterocycles. The number of aliphatic carboxylic acids is 2. The molecule has 0 atom stereocenters. The van der Waals surface area contributed by atoms with Crippen molar-refractivity contribution in [2.75, 3.05) is 0 Å². The maximum absolute atomic E-state index is 10.3. The summed E-state index contributed by atoms with van der Waals surface area (Å²) in [6.45, 7) is 5.54. The fraction of sp³-hybridized carbons (Fsp3) is 0.818. The first-order valence-corrected chi connectivity index (χ1v) is 10.5. The van der Waals surface area contributed by atoms with Crippen molar-refractivity contribution >= 4 is 11.9 Å². The van der Waals surface area contributed by atoms with Crippen molar-refractivity contribution in [1.29, 1.82) is 0 Å². The van der Waals surface area contributed by atoms with Gasteiger partial charge in [0, 0.05) is 6.42 Å². The van der Waals surface area contributed by atoms with Crippen LogP contribution >= 0.6 is 0 Å². The molecule has 0 aliphatic heterocycles. The third-order valence-corrected chi connectivity index (χ3v) is 4.15. The van der Waals surface area contributed by atoms with Gasteiger partial charge < -0.3 is 10.2 Å². The topological polar surface area (TPSA) is 74.6 Å². The molecule has 0 fully saturated rings. The monoisotopic (exact) mass is 370 g/mol. The first-order chi connectivity index (χ1) is 12.4. The van der Waals surface area contributed by atoms with Crippen molar-refractivity contribution in [3.05, 3.63) is 12.2 Å². The van der Waals surface area contributed by atoms with E-state index in [1.807, 2.05) is 0 Å². The average Bonchev–Trinajstić information content (AvgIpc) is 2.58. The van der Waals surface area contributed by atoms with Crippen LogP contribution in [0.2, 0.25) is 0 Å². The number of carbonyl (C=O) groups is 2. The minimum atomic E-state index is -0.741. The molecule has 0 aliphatic carbocycles. The summed E-state index contributed by atoms with van der Waals surface area (Å²) < 4.78 is 0. The zero-order chi connectivity index (χ0) is 20.0. The summed E-state index contributed by atoms with van der Waals surface area (Å²) in [5.41, 5.74) is 0. The van der Waals surface area contributed by atoms with Crippen LogP contribution in [0.3, 0.4) is 0 Å². The molecule has 4 nitrogen and oxygen atoms in total. The van der Waals surface area contributed by atoms with Crippen molar-refractivity contribution in [2.24, 2.45) is 5.92 Å². The Hall–Kier alpha value is -1.32. The highest BCUT2D eigenvalue weighted by molar-refractivity contribution is 5.68. The van der Waals surface area contributed by atoms with Gasteiger partial charge in [-0.1, -0.05) is 84.3 Å². The van der Waals surface area contributed by atoms with Gasteiger partial charge in [0.2, 0.25) is 0 Å². The Kier molecular flexibility index (Phi) is 22.5. The van der Waals surface area contributed by atoms with Gasteiger partial charge in [0.05, 0.1) is 5.92 Å². The van der Waals surface area contributed by atoms with Crippen molar-refractivity contribution in [3.8, 4) is 0 Å². The standard InChI is InChI=1S/C18H34O2.C4H8O2/c1-2-3-4-5-6-7-8-9-10-11-12-13-14-15-16-17-18(19)20;1-3(2)4(5)6/h9-10H,2-8,11-17H2,1H3,(H,19,20);3H,1-2H3,(H,5,6). The number of carboxylic acids is 2. The van der Waals surface area contributed by atoms with Crippen LogP contribution in [0, 0.1) is 5.92 Å². The number of rotatable bonds is 16. The van der Waals surface area contributed by atoms with Crippen molar-refractivity contribution in [2.45, 2.75) is 111 Å². The van der Waals surface area contributed by atoms with Crippen LogP contribution in [-0.2, 0) is 9.59 Å². The summed E-state index contributed by atoms with van der Waals surface area (Å²) in [6, 6.07) is 0. The predicted octanol–water partition coefficient (Wildman–Crippen LogP) is 6.84. The number of hydrogen-bond donors (Lipinski definition) is 2. The van der Waals surface area contributed by atoms with Gasteiger partial charge in [-0.25, -0.2) is 0 Å². The van der Waals surface area contributed by atoms with Crippen LogP contribution in [0.15, 0.2) is 12.2 Å². The molecule has 4 heteroatoms. The van der Waals surface area contributed by atoms with Crippen LogP contribution in [0.1, 0.15) is 111 Å². The minimum Gasteiger partial charge on any atom is -0.481 e. The molecule has 0 unspecified atom stereocenters. The molecule has 0 radical (unpaired) electrons. The van der Waals surface area contributed by atoms with Crippen molar-refractivity contribution in [1.82, 2.24) is 0 Å². The lowest BCUT2D eigenvalue weighted by Crippen LogP contribution is -2.03. The van der Waals surface area contributed by atoms with E-state index >= 15 is 0 Å². The number of carboxylic acid groups (broad SMARTS) is 2. The summed E-state index contributed by atoms with van der Waals surface area (Å²) in [4.78, 5) is 20.0. The number of unbranched alkanes of at least 4 members (excludes halogenated alkanes) is 11. The lowest BCUT2D eigenvalue weighted by atomic mass is 10.1. The van der Waals surface area contributed by atoms with Crippen LogP contribution in [0.4, 0.5) is 0 Å². The van der Waals surface area contributed by atoms with E-state index in [1.165, 1.54) is 70.6 Å². The molecule has 0 aliphatic rings. The molecule has 0 aromatic carbocycles. The zero-order valence-electron chi connectivity index (χ0n) is 17.3. The fourth-order valence-electron chi connectivity index (χ4n) is 2.35. The molecule has 0 rings (SSSR count). The molecule has 0 bridgehead atoms. The van der Waals surface area contributed by atoms with Gasteiger partial charge in [0.25, 0.3) is 0 Å². The molecule has 0 spiro atoms. The molecule has 26 heavy (non-hydrogen) atoms. The molecular formula is C22H42O4. The molecule has 0 aromatic rings. The van der Waals surface area contributed by atoms with E-state index in [9.17, 15) is 9.59 Å². The zero-order valence-corrected chi connectivity index (χ0v) is 17.3. The smallest absolute Gasteiger partial charge is 0.305 e. The Morgan fingerprint density at radius 1 is 0.731 bits per heavy atom. The molecule has 0 heterocycles. The maximum atomic E-state index is 10.3. The summed E-state index contributed by atoms with van der Waals surface area (Å²) in [5, 5.41) is 16.5. The van der Waals surface area contributed by atoms with Gasteiger partial charge in [-0.15, -0.1) is 0 Å². The largest absolute Gasteiger partial charge is 0.481 e. The van der Waals surface area contributed by atoms with Gasteiger partial charge in [0.1, 0.15) is 0 Å². The highest BCUT2D eigenvalue weighted by Gasteiger charge is 1.99. The maximum Gasteiger partial charge on any atom is 0.305 e. The second-order valence-corrected chi connectivity index (χ2v) is 7.22. The Morgan fingerprint density at radius 3 is 1.50 bits per heavy atom. The summed E-state index contributed by atoms with van der Waals surface area (Å²) in [7, 11) is 0. The number of allylic oxidation sites excluding steroid dienone is 2. The highest BCUT2D eigenvalue weighted by Crippen LogP contribution is 2.09. The van der Waals surface area contributed by atoms with E-state index in [2.05, 4.69) is 19.1 Å². The first-order valence-electron chi connectivity index (χ1n) is 10.5. The predicted molar refractivity (Wildman–Crippen MR) is 110 cm³/mol. The molecule has 0 amide bonds. The first kappa shape index (κ1) is 26.9. The average molecular weight is 371 g/mol. The Morgan fingerprint density at radius 2 is 1.12 bits per heavy atom. The molecule has 2 N–H and O–H groups in total. The normalized spacial score (nSPS) is 10.8. The minimum absolute atomic E-state index is 0.231. The van der Waals surface area contributed by atoms with E-state index in [1.54, 1.807) is 13.8 Å². The van der Waals surface area contributed by atoms with Crippen LogP contribution < -0.4 is 0 Å². The Balaban J connectivity index is 0. The second-order valence-electron chi connectivity index (χ2n) is 7.22. The third-order valence-electron chi connectivity index (χ3n) is 4.15. The van der Waals surface area contributed by atoms with E-state index in [-0.39, 0.29) is 5.92 Å². The van der Waals surface area contributed by atoms with Gasteiger partial charge in [0.15, 0.2) is 0 Å². The molecule has 154 valence electrons. The van der Waals surface area contributed by atoms with Crippen molar-refractivity contribution in [3.63, 3.8) is 0 Å². The Bertz CT molecular complexity index is 348. The van der Waals surface area contributed by atoms with Crippen LogP contribution in [0.5, 0.6) is 0 Å². The van der Waals surface area contributed by atoms with Gasteiger partial charge in [-0.3, -0.25) is 9.59 Å². The van der Waals surface area contributed by atoms with Gasteiger partial charge in [-0.05, 0) is 32.1 Å². The Labute approximate surface area is 161 Å². The van der Waals surface area contributed by atoms with Gasteiger partial charge in [-0.2, -0.15) is 0 Å². The SMILES string of the molecule is CC(C)C(=O)O.CCCCCCCCC=CCCCCCCCC(=O)O. The summed E-state index contributed by atoms with van der Waals surface area (Å²) in [5.74, 6) is -1.64. The third kappa shape index (κ3) is 27.5. The quantitative estimate of drug-likeness (QED) is 0.230. The second kappa shape index (κ2) is 21.7. The molecule has 0 saturated carbocycles. The summed E-state index contributed by atoms with van der Waals surface area (Å²) >= 11 is 0. The van der Waals surface area contributed by atoms with Crippen molar-refractivity contribution < 1.29 is 19.8 Å². The van der Waals surface area contributed by atoms with E-state index in [0.29, 0.717) is 6.42 Å². The lowest BCUT2D eigenvalue weighted by Gasteiger charge is -1.99. The van der Waals surface area contributed by atoms with Crippen LogP contribution in [0.25, 0.3) is 0 Å². The molecule has 0 saturated heterocycles. The summed E-state index contributed by atoms with van der Waals surface area (Å²) in [6.07, 6.45) is 21.2. The van der Waals surface area contributed by atoms with Crippen LogP contribution in [-0.4, -0.2) is 22.2 Å². The van der Waals surface area contributed by atoms with E-state index in [0.717, 1.165) is 12.8 Å². The van der Waals surface area contributed by atoms with E-state index < -0.39 is 11.9 Å². The molecular weight excluding hydrogens is 328 g/mol. The van der Waals surface area contributed by atoms with E-state index in [4.69, 9.17) is 10.2 Å². The van der Waals surface area contributed by atoms with Gasteiger partial charge >= 0.3 is 11.9 Å². The lowest BCUT2D eigenvalue weighted by molar-refractivity contribution is -0.140.